The first-order valence-electron chi connectivity index (χ1n) is 28.9. The Balaban J connectivity index is -0.000000358. The van der Waals surface area contributed by atoms with Gasteiger partial charge in [-0.25, -0.2) is 0 Å². The molecule has 0 aliphatic heterocycles. The Morgan fingerprint density at radius 2 is 0.667 bits per heavy atom. The van der Waals surface area contributed by atoms with E-state index in [4.69, 9.17) is 15.2 Å². The molecule has 75 heavy (non-hydrogen) atoms. The second-order valence-electron chi connectivity index (χ2n) is 18.9. The van der Waals surface area contributed by atoms with Crippen molar-refractivity contribution in [3.8, 4) is 0 Å². The van der Waals surface area contributed by atoms with E-state index in [9.17, 15) is 27.6 Å². The third-order valence-electron chi connectivity index (χ3n) is 12.2. The fourth-order valence-corrected chi connectivity index (χ4v) is 7.78. The van der Waals surface area contributed by atoms with Crippen LogP contribution in [0.1, 0.15) is 284 Å². The predicted octanol–water partition coefficient (Wildman–Crippen LogP) is 13.0. The zero-order chi connectivity index (χ0) is 55.7. The van der Waals surface area contributed by atoms with Gasteiger partial charge in [0.15, 0.2) is 0 Å². The van der Waals surface area contributed by atoms with Gasteiger partial charge in [-0.1, -0.05) is 191 Å². The van der Waals surface area contributed by atoms with Crippen LogP contribution in [0, 0.1) is 0 Å². The third kappa shape index (κ3) is 83.1. The Labute approximate surface area is 481 Å². The van der Waals surface area contributed by atoms with Gasteiger partial charge in [0.1, 0.15) is 11.6 Å². The van der Waals surface area contributed by atoms with Gasteiger partial charge in [-0.2, -0.15) is 8.42 Å². The van der Waals surface area contributed by atoms with Crippen molar-refractivity contribution in [1.29, 1.82) is 0 Å². The Morgan fingerprint density at radius 1 is 0.413 bits per heavy atom. The average molecular weight is 1090 g/mol. The second-order valence-corrected chi connectivity index (χ2v) is 20.4. The van der Waals surface area contributed by atoms with Crippen LogP contribution in [0.25, 0.3) is 0 Å². The van der Waals surface area contributed by atoms with Crippen molar-refractivity contribution in [3.05, 3.63) is 48.6 Å². The molecule has 0 unspecified atom stereocenters. The minimum Gasteiger partial charge on any atom is -0.662 e. The van der Waals surface area contributed by atoms with Crippen molar-refractivity contribution in [2.24, 2.45) is 0 Å². The Kier molecular flexibility index (Phi) is 77.6. The van der Waals surface area contributed by atoms with Crippen molar-refractivity contribution in [1.82, 2.24) is 0 Å². The summed E-state index contributed by atoms with van der Waals surface area (Å²) in [6, 6.07) is 0. The Bertz CT molecular complexity index is 1450. The largest absolute Gasteiger partial charge is 1.00 e. The SMILES string of the molecule is CCCCC/C=C\C/C=C\CCCCCCCCCC(=O)CCCCCCCC(=O)O.CCCCC/C=C\C/C=C\CCCCCCCCCC(=O)CCCCCCCC(=O)OC.COS(=O)(=O)OC.O=CO[O-].[Na+]. The van der Waals surface area contributed by atoms with Crippen LogP contribution in [-0.4, -0.2) is 64.8 Å². The summed E-state index contributed by atoms with van der Waals surface area (Å²) in [7, 11) is -0.170. The molecule has 0 amide bonds. The summed E-state index contributed by atoms with van der Waals surface area (Å²) >= 11 is 0. The molecule has 0 aromatic heterocycles. The molecule has 0 bridgehead atoms. The van der Waals surface area contributed by atoms with Gasteiger partial charge in [-0.3, -0.25) is 32.3 Å². The maximum atomic E-state index is 11.9. The molecule has 0 atom stereocenters. The second kappa shape index (κ2) is 71.5. The van der Waals surface area contributed by atoms with Crippen LogP contribution in [0.2, 0.25) is 0 Å². The standard InChI is InChI=1S/C29H52O3.C28H50O3.C2H6O4S.CH2O3.Na/c1-3-4-5-6-7-8-9-10-11-12-13-14-15-16-17-19-22-25-28(30)26-23-20-18-21-24-27-29(31)32-2;1-2-3-4-5-6-7-8-9-10-11-12-13-14-15-16-18-21-24-27(29)25-22-19-17-20-23-26-28(30)31;1-5-7(3,4)6-2;2-1-4-3;/h7-8,10-11H,3-6,9,12-27H2,1-2H3;6-7,9-10H,2-5,8,11-26H2,1H3,(H,30,31);1-2H3;1,3H;/q;;;;+1/p-1/b8-7-,11-10-;7-6-,10-9-;;;. The third-order valence-corrected chi connectivity index (χ3v) is 13.0. The fraction of sp³-hybridized carbons (Fsp3) is 0.783. The van der Waals surface area contributed by atoms with Crippen LogP contribution in [0.4, 0.5) is 0 Å². The Morgan fingerprint density at radius 3 is 0.907 bits per heavy atom. The van der Waals surface area contributed by atoms with Gasteiger partial charge in [-0.15, -0.1) is 0 Å². The van der Waals surface area contributed by atoms with E-state index in [1.165, 1.54) is 148 Å². The van der Waals surface area contributed by atoms with Crippen LogP contribution in [0.5, 0.6) is 0 Å². The van der Waals surface area contributed by atoms with Crippen LogP contribution >= 0.6 is 0 Å². The minimum atomic E-state index is -3.66. The van der Waals surface area contributed by atoms with E-state index in [0.29, 0.717) is 24.4 Å². The van der Waals surface area contributed by atoms with Crippen LogP contribution < -0.4 is 34.8 Å². The summed E-state index contributed by atoms with van der Waals surface area (Å²) in [4.78, 5) is 56.5. The number of carboxylic acids is 1. The van der Waals surface area contributed by atoms with Crippen molar-refractivity contribution in [3.63, 3.8) is 0 Å². The number of allylic oxidation sites excluding steroid dienone is 8. The van der Waals surface area contributed by atoms with Gasteiger partial charge in [0.05, 0.1) is 21.3 Å². The molecule has 13 nitrogen and oxygen atoms in total. The smallest absolute Gasteiger partial charge is 0.662 e. The van der Waals surface area contributed by atoms with Gasteiger partial charge in [0.2, 0.25) is 0 Å². The molecule has 0 aromatic rings. The molecule has 434 valence electrons. The van der Waals surface area contributed by atoms with Gasteiger partial charge in [0.25, 0.3) is 6.47 Å². The molecule has 0 aliphatic rings. The number of aliphatic carboxylic acids is 1. The van der Waals surface area contributed by atoms with Gasteiger partial charge in [-0.05, 0) is 103 Å². The summed E-state index contributed by atoms with van der Waals surface area (Å²) in [6.45, 7) is 4.32. The number of methoxy groups -OCH3 is 1. The van der Waals surface area contributed by atoms with Crippen molar-refractivity contribution in [2.45, 2.75) is 284 Å². The minimum absolute atomic E-state index is 0. The summed E-state index contributed by atoms with van der Waals surface area (Å²) < 4.78 is 32.2. The number of ketones is 2. The summed E-state index contributed by atoms with van der Waals surface area (Å²) in [5.74, 6) is 0.0128. The van der Waals surface area contributed by atoms with E-state index in [1.54, 1.807) is 0 Å². The van der Waals surface area contributed by atoms with Gasteiger partial charge < -0.3 is 20.0 Å². The molecule has 0 aromatic carbocycles. The maximum absolute atomic E-state index is 11.9. The normalized spacial score (nSPS) is 11.1. The first-order valence-corrected chi connectivity index (χ1v) is 30.2. The quantitative estimate of drug-likeness (QED) is 0.0115. The fourth-order valence-electron chi connectivity index (χ4n) is 7.64. The zero-order valence-corrected chi connectivity index (χ0v) is 51.5. The molecular formula is C60H109NaO13S. The van der Waals surface area contributed by atoms with Gasteiger partial charge in [0, 0.05) is 38.5 Å². The van der Waals surface area contributed by atoms with Crippen molar-refractivity contribution >= 4 is 40.4 Å². The number of carbonyl (C=O) groups excluding carboxylic acids is 4. The number of ether oxygens (including phenoxy) is 1. The molecule has 15 heteroatoms. The first-order chi connectivity index (χ1) is 35.9. The number of carbonyl (C=O) groups is 5. The molecule has 0 fully saturated rings. The number of carboxylic acid groups (broad SMARTS) is 1. The number of hydrogen-bond acceptors (Lipinski definition) is 12. The predicted molar refractivity (Wildman–Crippen MR) is 302 cm³/mol. The van der Waals surface area contributed by atoms with E-state index >= 15 is 0 Å². The molecule has 0 spiro atoms. The van der Waals surface area contributed by atoms with Crippen LogP contribution in [0.15, 0.2) is 48.6 Å². The molecule has 0 radical (unpaired) electrons. The Hall–Kier alpha value is -2.46. The van der Waals surface area contributed by atoms with Crippen molar-refractivity contribution < 1.29 is 90.3 Å². The number of hydrogen-bond donors (Lipinski definition) is 1. The summed E-state index contributed by atoms with van der Waals surface area (Å²) in [5, 5.41) is 17.0. The molecule has 0 saturated heterocycles. The van der Waals surface area contributed by atoms with E-state index in [-0.39, 0.29) is 48.4 Å². The van der Waals surface area contributed by atoms with E-state index in [2.05, 4.69) is 80.4 Å². The molecule has 0 heterocycles. The van der Waals surface area contributed by atoms with Crippen LogP contribution in [-0.2, 0) is 52.4 Å². The van der Waals surface area contributed by atoms with Gasteiger partial charge >= 0.3 is 51.9 Å². The number of unbranched alkanes of at least 4 members (excludes halogenated alkanes) is 28. The molecule has 0 aliphatic carbocycles. The van der Waals surface area contributed by atoms with Crippen molar-refractivity contribution in [2.75, 3.05) is 21.3 Å². The molecule has 0 rings (SSSR count). The van der Waals surface area contributed by atoms with E-state index < -0.39 is 16.4 Å². The van der Waals surface area contributed by atoms with E-state index in [0.717, 1.165) is 123 Å². The zero-order valence-electron chi connectivity index (χ0n) is 48.6. The van der Waals surface area contributed by atoms with E-state index in [1.807, 2.05) is 0 Å². The molecular weight excluding hydrogens is 984 g/mol. The molecule has 1 N–H and O–H groups in total. The number of rotatable bonds is 51. The first kappa shape index (κ1) is 81.4. The maximum Gasteiger partial charge on any atom is 1.00 e. The topological polar surface area (TPSA) is 200 Å². The van der Waals surface area contributed by atoms with Crippen LogP contribution in [0.3, 0.4) is 0 Å². The summed E-state index contributed by atoms with van der Waals surface area (Å²) in [6.07, 6.45) is 64.7. The summed E-state index contributed by atoms with van der Waals surface area (Å²) in [5.41, 5.74) is 0. The number of Topliss-reactive ketones (excluding diaryl/α,β-unsaturated/α-hetero) is 2. The number of esters is 1. The monoisotopic (exact) mass is 1090 g/mol. The molecule has 0 saturated carbocycles. The average Bonchev–Trinajstić information content (AvgIpc) is 3.40.